The van der Waals surface area contributed by atoms with Gasteiger partial charge in [0.05, 0.1) is 10.5 Å². The number of nitro benzene ring substituents is 1. The van der Waals surface area contributed by atoms with Gasteiger partial charge in [0.2, 0.25) is 5.78 Å². The lowest BCUT2D eigenvalue weighted by Crippen LogP contribution is -2.26. The average molecular weight is 424 g/mol. The van der Waals surface area contributed by atoms with Gasteiger partial charge in [0.1, 0.15) is 5.69 Å². The van der Waals surface area contributed by atoms with Gasteiger partial charge in [-0.25, -0.2) is 4.79 Å². The molecule has 1 fully saturated rings. The van der Waals surface area contributed by atoms with E-state index in [1.807, 2.05) is 24.0 Å². The maximum absolute atomic E-state index is 12.6. The molecule has 1 saturated heterocycles. The van der Waals surface area contributed by atoms with Crippen molar-refractivity contribution in [3.63, 3.8) is 0 Å². The number of nitrogens with zero attached hydrogens (tertiary/aromatic N) is 2. The summed E-state index contributed by atoms with van der Waals surface area (Å²) >= 11 is 0. The zero-order chi connectivity index (χ0) is 22.4. The summed E-state index contributed by atoms with van der Waals surface area (Å²) in [6.07, 6.45) is 4.07. The van der Waals surface area contributed by atoms with E-state index in [1.165, 1.54) is 19.1 Å². The van der Waals surface area contributed by atoms with E-state index in [0.29, 0.717) is 11.3 Å². The van der Waals surface area contributed by atoms with Crippen molar-refractivity contribution in [1.29, 1.82) is 0 Å². The van der Waals surface area contributed by atoms with E-state index in [2.05, 4.69) is 0 Å². The van der Waals surface area contributed by atoms with Crippen LogP contribution < -0.4 is 4.90 Å². The van der Waals surface area contributed by atoms with E-state index >= 15 is 0 Å². The molecule has 0 unspecified atom stereocenters. The SMILES string of the molecule is CCc1ccc(C(=O)[C@@H](C)OC(=O)c2ccc(N3CCCCCC3)c([N+](=O)[O-])c2)cc1. The van der Waals surface area contributed by atoms with E-state index in [4.69, 9.17) is 4.74 Å². The van der Waals surface area contributed by atoms with E-state index in [1.54, 1.807) is 18.2 Å². The summed E-state index contributed by atoms with van der Waals surface area (Å²) in [6.45, 7) is 5.05. The smallest absolute Gasteiger partial charge is 0.339 e. The first kappa shape index (κ1) is 22.5. The highest BCUT2D eigenvalue weighted by Crippen LogP contribution is 2.31. The molecule has 0 aromatic heterocycles. The predicted octanol–water partition coefficient (Wildman–Crippen LogP) is 4.97. The van der Waals surface area contributed by atoms with Crippen LogP contribution in [0.2, 0.25) is 0 Å². The fraction of sp³-hybridized carbons (Fsp3) is 0.417. The lowest BCUT2D eigenvalue weighted by molar-refractivity contribution is -0.384. The van der Waals surface area contributed by atoms with Crippen LogP contribution in [-0.4, -0.2) is 35.9 Å². The molecular formula is C24H28N2O5. The lowest BCUT2D eigenvalue weighted by Gasteiger charge is -2.22. The van der Waals surface area contributed by atoms with Crippen molar-refractivity contribution in [3.05, 3.63) is 69.3 Å². The number of nitro groups is 1. The summed E-state index contributed by atoms with van der Waals surface area (Å²) in [7, 11) is 0. The Kier molecular flexibility index (Phi) is 7.39. The first-order chi connectivity index (χ1) is 14.9. The minimum absolute atomic E-state index is 0.0613. The van der Waals surface area contributed by atoms with Crippen LogP contribution in [0.15, 0.2) is 42.5 Å². The van der Waals surface area contributed by atoms with Crippen LogP contribution in [-0.2, 0) is 11.2 Å². The number of Topliss-reactive ketones (excluding diaryl/α,β-unsaturated/α-hetero) is 1. The highest BCUT2D eigenvalue weighted by molar-refractivity contribution is 6.01. The van der Waals surface area contributed by atoms with Gasteiger partial charge in [-0.05, 0) is 43.9 Å². The van der Waals surface area contributed by atoms with Gasteiger partial charge in [0.15, 0.2) is 6.10 Å². The number of aryl methyl sites for hydroxylation is 1. The number of anilines is 1. The Morgan fingerprint density at radius 3 is 2.23 bits per heavy atom. The third-order valence-electron chi connectivity index (χ3n) is 5.65. The molecule has 3 rings (SSSR count). The van der Waals surface area contributed by atoms with Crippen LogP contribution in [0.25, 0.3) is 0 Å². The number of carbonyl (C=O) groups is 2. The topological polar surface area (TPSA) is 89.8 Å². The molecule has 0 aliphatic carbocycles. The quantitative estimate of drug-likeness (QED) is 0.270. The van der Waals surface area contributed by atoms with Crippen molar-refractivity contribution < 1.29 is 19.2 Å². The van der Waals surface area contributed by atoms with Crippen LogP contribution in [0, 0.1) is 10.1 Å². The molecule has 1 aliphatic rings. The molecule has 0 bridgehead atoms. The molecule has 31 heavy (non-hydrogen) atoms. The number of esters is 1. The third kappa shape index (κ3) is 5.48. The van der Waals surface area contributed by atoms with Crippen LogP contribution in [0.4, 0.5) is 11.4 Å². The van der Waals surface area contributed by atoms with Gasteiger partial charge < -0.3 is 9.64 Å². The first-order valence-electron chi connectivity index (χ1n) is 10.8. The van der Waals surface area contributed by atoms with Gasteiger partial charge >= 0.3 is 5.97 Å². The largest absolute Gasteiger partial charge is 0.451 e. The Balaban J connectivity index is 1.75. The van der Waals surface area contributed by atoms with Crippen LogP contribution in [0.5, 0.6) is 0 Å². The number of rotatable bonds is 7. The minimum Gasteiger partial charge on any atom is -0.451 e. The summed E-state index contributed by atoms with van der Waals surface area (Å²) < 4.78 is 5.32. The molecule has 1 atom stereocenters. The van der Waals surface area contributed by atoms with Crippen molar-refractivity contribution >= 4 is 23.1 Å². The molecule has 164 valence electrons. The second-order valence-electron chi connectivity index (χ2n) is 7.82. The molecule has 1 aliphatic heterocycles. The zero-order valence-electron chi connectivity index (χ0n) is 18.0. The highest BCUT2D eigenvalue weighted by Gasteiger charge is 2.25. The minimum atomic E-state index is -0.996. The molecule has 0 spiro atoms. The van der Waals surface area contributed by atoms with Gasteiger partial charge in [-0.15, -0.1) is 0 Å². The fourth-order valence-corrected chi connectivity index (χ4v) is 3.80. The Morgan fingerprint density at radius 2 is 1.65 bits per heavy atom. The summed E-state index contributed by atoms with van der Waals surface area (Å²) in [5, 5.41) is 11.7. The Bertz CT molecular complexity index is 947. The third-order valence-corrected chi connectivity index (χ3v) is 5.65. The Morgan fingerprint density at radius 1 is 1.03 bits per heavy atom. The Hall–Kier alpha value is -3.22. The summed E-state index contributed by atoms with van der Waals surface area (Å²) in [5.74, 6) is -1.07. The number of ether oxygens (including phenoxy) is 1. The van der Waals surface area contributed by atoms with Crippen molar-refractivity contribution in [3.8, 4) is 0 Å². The van der Waals surface area contributed by atoms with Crippen molar-refractivity contribution in [2.24, 2.45) is 0 Å². The van der Waals surface area contributed by atoms with Gasteiger partial charge in [0.25, 0.3) is 5.69 Å². The average Bonchev–Trinajstić information content (AvgIpc) is 3.07. The van der Waals surface area contributed by atoms with Gasteiger partial charge in [-0.3, -0.25) is 14.9 Å². The number of carbonyl (C=O) groups excluding carboxylic acids is 2. The monoisotopic (exact) mass is 424 g/mol. The molecule has 1 heterocycles. The van der Waals surface area contributed by atoms with Crippen LogP contribution >= 0.6 is 0 Å². The highest BCUT2D eigenvalue weighted by atomic mass is 16.6. The standard InChI is InChI=1S/C24H28N2O5/c1-3-18-8-10-19(11-9-18)23(27)17(2)31-24(28)20-12-13-21(22(16-20)26(29)30)25-14-6-4-5-7-15-25/h8-13,16-17H,3-7,14-15H2,1-2H3/t17-/m1/s1. The molecule has 0 saturated carbocycles. The normalized spacial score (nSPS) is 15.1. The number of hydrogen-bond donors (Lipinski definition) is 0. The van der Waals surface area contributed by atoms with Crippen LogP contribution in [0.1, 0.15) is 65.8 Å². The summed E-state index contributed by atoms with van der Waals surface area (Å²) in [5.41, 5.74) is 2.03. The number of benzene rings is 2. The molecule has 2 aromatic rings. The first-order valence-corrected chi connectivity index (χ1v) is 10.8. The fourth-order valence-electron chi connectivity index (χ4n) is 3.80. The van der Waals surface area contributed by atoms with Crippen LogP contribution in [0.3, 0.4) is 0 Å². The zero-order valence-corrected chi connectivity index (χ0v) is 18.0. The van der Waals surface area contributed by atoms with Gasteiger partial charge in [-0.2, -0.15) is 0 Å². The van der Waals surface area contributed by atoms with Gasteiger partial charge in [0, 0.05) is 24.7 Å². The Labute approximate surface area is 182 Å². The van der Waals surface area contributed by atoms with E-state index in [0.717, 1.165) is 50.8 Å². The van der Waals surface area contributed by atoms with Crippen molar-refractivity contribution in [1.82, 2.24) is 0 Å². The maximum Gasteiger partial charge on any atom is 0.339 e. The number of hydrogen-bond acceptors (Lipinski definition) is 6. The van der Waals surface area contributed by atoms with Gasteiger partial charge in [-0.1, -0.05) is 44.0 Å². The molecule has 0 radical (unpaired) electrons. The predicted molar refractivity (Wildman–Crippen MR) is 119 cm³/mol. The molecular weight excluding hydrogens is 396 g/mol. The molecule has 7 nitrogen and oxygen atoms in total. The second-order valence-corrected chi connectivity index (χ2v) is 7.82. The second kappa shape index (κ2) is 10.2. The lowest BCUT2D eigenvalue weighted by atomic mass is 10.0. The van der Waals surface area contributed by atoms with E-state index < -0.39 is 17.0 Å². The molecule has 7 heteroatoms. The molecule has 0 N–H and O–H groups in total. The summed E-state index contributed by atoms with van der Waals surface area (Å²) in [6, 6.07) is 11.5. The number of ketones is 1. The molecule has 2 aromatic carbocycles. The van der Waals surface area contributed by atoms with E-state index in [-0.39, 0.29) is 17.0 Å². The van der Waals surface area contributed by atoms with Crippen molar-refractivity contribution in [2.45, 2.75) is 52.1 Å². The molecule has 0 amide bonds. The maximum atomic E-state index is 12.6. The summed E-state index contributed by atoms with van der Waals surface area (Å²) in [4.78, 5) is 38.4. The van der Waals surface area contributed by atoms with Crippen molar-refractivity contribution in [2.75, 3.05) is 18.0 Å². The van der Waals surface area contributed by atoms with E-state index in [9.17, 15) is 19.7 Å².